The van der Waals surface area contributed by atoms with Gasteiger partial charge in [0.1, 0.15) is 0 Å². The van der Waals surface area contributed by atoms with Crippen LogP contribution in [-0.4, -0.2) is 8.42 Å². The third kappa shape index (κ3) is 3.77. The molecular weight excluding hydrogens is 304 g/mol. The predicted molar refractivity (Wildman–Crippen MR) is 77.7 cm³/mol. The highest BCUT2D eigenvalue weighted by atomic mass is 35.5. The molecule has 0 bridgehead atoms. The molecule has 1 aromatic carbocycles. The van der Waals surface area contributed by atoms with Crippen molar-refractivity contribution >= 4 is 33.0 Å². The average Bonchev–Trinajstić information content (AvgIpc) is 2.82. The summed E-state index contributed by atoms with van der Waals surface area (Å²) in [7, 11) is -3.50. The van der Waals surface area contributed by atoms with Crippen LogP contribution in [0.1, 0.15) is 10.4 Å². The Morgan fingerprint density at radius 3 is 2.37 bits per heavy atom. The third-order valence-corrected chi connectivity index (χ3v) is 5.18. The van der Waals surface area contributed by atoms with Gasteiger partial charge in [0, 0.05) is 18.0 Å². The van der Waals surface area contributed by atoms with Crippen molar-refractivity contribution in [1.82, 2.24) is 4.72 Å². The summed E-state index contributed by atoms with van der Waals surface area (Å²) < 4.78 is 27.3. The van der Waals surface area contributed by atoms with Gasteiger partial charge in [-0.1, -0.05) is 23.7 Å². The van der Waals surface area contributed by atoms with Crippen LogP contribution in [0, 0.1) is 0 Å². The Kier molecular flexibility index (Phi) is 4.59. The fourth-order valence-corrected chi connectivity index (χ4v) is 3.63. The lowest BCUT2D eigenvalue weighted by molar-refractivity contribution is 0.582. The van der Waals surface area contributed by atoms with E-state index in [9.17, 15) is 8.42 Å². The highest BCUT2D eigenvalue weighted by Crippen LogP contribution is 2.21. The zero-order valence-electron chi connectivity index (χ0n) is 9.97. The van der Waals surface area contributed by atoms with Crippen molar-refractivity contribution in [2.75, 3.05) is 0 Å². The van der Waals surface area contributed by atoms with E-state index in [1.165, 1.54) is 11.3 Å². The first kappa shape index (κ1) is 14.5. The molecule has 0 fully saturated rings. The SMILES string of the molecule is NCc1ccc(S(=O)(=O)NCc2ccc(Cl)s2)cc1. The van der Waals surface area contributed by atoms with Crippen LogP contribution < -0.4 is 10.5 Å². The first-order chi connectivity index (χ1) is 9.01. The van der Waals surface area contributed by atoms with Gasteiger partial charge in [-0.25, -0.2) is 13.1 Å². The van der Waals surface area contributed by atoms with Crippen molar-refractivity contribution in [2.45, 2.75) is 18.0 Å². The Hall–Kier alpha value is -0.920. The zero-order chi connectivity index (χ0) is 13.9. The van der Waals surface area contributed by atoms with Crippen molar-refractivity contribution < 1.29 is 8.42 Å². The van der Waals surface area contributed by atoms with Crippen molar-refractivity contribution in [2.24, 2.45) is 5.73 Å². The summed E-state index contributed by atoms with van der Waals surface area (Å²) in [5.74, 6) is 0. The lowest BCUT2D eigenvalue weighted by Gasteiger charge is -2.06. The minimum atomic E-state index is -3.50. The number of nitrogens with two attached hydrogens (primary N) is 1. The summed E-state index contributed by atoms with van der Waals surface area (Å²) in [4.78, 5) is 1.10. The van der Waals surface area contributed by atoms with E-state index in [0.29, 0.717) is 10.9 Å². The van der Waals surface area contributed by atoms with E-state index >= 15 is 0 Å². The largest absolute Gasteiger partial charge is 0.326 e. The smallest absolute Gasteiger partial charge is 0.240 e. The van der Waals surface area contributed by atoms with Crippen molar-refractivity contribution in [3.63, 3.8) is 0 Å². The number of nitrogens with one attached hydrogen (secondary N) is 1. The zero-order valence-corrected chi connectivity index (χ0v) is 12.4. The first-order valence-electron chi connectivity index (χ1n) is 5.54. The van der Waals surface area contributed by atoms with Crippen LogP contribution in [0.5, 0.6) is 0 Å². The molecule has 2 aromatic rings. The number of halogens is 1. The average molecular weight is 317 g/mol. The van der Waals surface area contributed by atoms with Crippen LogP contribution in [0.3, 0.4) is 0 Å². The number of hydrogen-bond donors (Lipinski definition) is 2. The summed E-state index contributed by atoms with van der Waals surface area (Å²) in [6.07, 6.45) is 0. The second-order valence-corrected chi connectivity index (χ2v) is 7.45. The molecule has 2 rings (SSSR count). The molecule has 0 spiro atoms. The fourth-order valence-electron chi connectivity index (χ4n) is 1.50. The lowest BCUT2D eigenvalue weighted by atomic mass is 10.2. The Labute approximate surface area is 121 Å². The van der Waals surface area contributed by atoms with E-state index in [4.69, 9.17) is 17.3 Å². The molecule has 0 amide bonds. The maximum atomic E-state index is 12.0. The maximum absolute atomic E-state index is 12.0. The van der Waals surface area contributed by atoms with Gasteiger partial charge in [0.2, 0.25) is 10.0 Å². The third-order valence-electron chi connectivity index (χ3n) is 2.53. The molecule has 0 saturated heterocycles. The molecule has 7 heteroatoms. The highest BCUT2D eigenvalue weighted by Gasteiger charge is 2.13. The van der Waals surface area contributed by atoms with Gasteiger partial charge < -0.3 is 5.73 Å². The van der Waals surface area contributed by atoms with Crippen LogP contribution >= 0.6 is 22.9 Å². The summed E-state index contributed by atoms with van der Waals surface area (Å²) in [6, 6.07) is 10.0. The molecule has 0 unspecified atom stereocenters. The van der Waals surface area contributed by atoms with E-state index in [2.05, 4.69) is 4.72 Å². The fraction of sp³-hybridized carbons (Fsp3) is 0.167. The number of thiophene rings is 1. The summed E-state index contributed by atoms with van der Waals surface area (Å²) in [5, 5.41) is 0. The number of hydrogen-bond acceptors (Lipinski definition) is 4. The normalized spacial score (nSPS) is 11.7. The van der Waals surface area contributed by atoms with Crippen LogP contribution in [0.4, 0.5) is 0 Å². The molecule has 0 saturated carbocycles. The Bertz CT molecular complexity index is 651. The van der Waals surface area contributed by atoms with E-state index in [1.54, 1.807) is 36.4 Å². The Morgan fingerprint density at radius 2 is 1.84 bits per heavy atom. The molecule has 4 nitrogen and oxygen atoms in total. The van der Waals surface area contributed by atoms with Crippen molar-refractivity contribution in [1.29, 1.82) is 0 Å². The Balaban J connectivity index is 2.09. The number of benzene rings is 1. The molecule has 0 aliphatic heterocycles. The van der Waals surface area contributed by atoms with E-state index in [-0.39, 0.29) is 11.4 Å². The monoisotopic (exact) mass is 316 g/mol. The molecule has 0 aliphatic rings. The first-order valence-corrected chi connectivity index (χ1v) is 8.22. The maximum Gasteiger partial charge on any atom is 0.240 e. The predicted octanol–water partition coefficient (Wildman–Crippen LogP) is 2.34. The van der Waals surface area contributed by atoms with Gasteiger partial charge in [0.25, 0.3) is 0 Å². The van der Waals surface area contributed by atoms with E-state index in [1.807, 2.05) is 0 Å². The van der Waals surface area contributed by atoms with Crippen LogP contribution in [0.2, 0.25) is 4.34 Å². The van der Waals surface area contributed by atoms with Crippen LogP contribution in [-0.2, 0) is 23.1 Å². The molecule has 0 aliphatic carbocycles. The van der Waals surface area contributed by atoms with Crippen molar-refractivity contribution in [3.05, 3.63) is 51.2 Å². The Morgan fingerprint density at radius 1 is 1.16 bits per heavy atom. The standard InChI is InChI=1S/C12H13ClN2O2S2/c13-12-6-3-10(18-12)8-15-19(16,17)11-4-1-9(7-14)2-5-11/h1-6,15H,7-8,14H2. The summed E-state index contributed by atoms with van der Waals surface area (Å²) in [5.41, 5.74) is 6.36. The number of sulfonamides is 1. The van der Waals surface area contributed by atoms with Gasteiger partial charge in [-0.15, -0.1) is 11.3 Å². The molecule has 102 valence electrons. The van der Waals surface area contributed by atoms with Gasteiger partial charge in [0.05, 0.1) is 9.23 Å². The highest BCUT2D eigenvalue weighted by molar-refractivity contribution is 7.89. The molecular formula is C12H13ClN2O2S2. The summed E-state index contributed by atoms with van der Waals surface area (Å²) >= 11 is 7.14. The molecule has 0 atom stereocenters. The molecule has 19 heavy (non-hydrogen) atoms. The van der Waals surface area contributed by atoms with E-state index < -0.39 is 10.0 Å². The molecule has 1 heterocycles. The van der Waals surface area contributed by atoms with Gasteiger partial charge in [0.15, 0.2) is 0 Å². The van der Waals surface area contributed by atoms with Crippen LogP contribution in [0.25, 0.3) is 0 Å². The topological polar surface area (TPSA) is 72.2 Å². The minimum absolute atomic E-state index is 0.229. The van der Waals surface area contributed by atoms with Gasteiger partial charge in [-0.2, -0.15) is 0 Å². The van der Waals surface area contributed by atoms with Gasteiger partial charge in [-0.05, 0) is 29.8 Å². The molecule has 0 radical (unpaired) electrons. The van der Waals surface area contributed by atoms with Gasteiger partial charge >= 0.3 is 0 Å². The number of rotatable bonds is 5. The lowest BCUT2D eigenvalue weighted by Crippen LogP contribution is -2.22. The quantitative estimate of drug-likeness (QED) is 0.889. The second kappa shape index (κ2) is 6.02. The molecule has 3 N–H and O–H groups in total. The second-order valence-electron chi connectivity index (χ2n) is 3.88. The van der Waals surface area contributed by atoms with Gasteiger partial charge in [-0.3, -0.25) is 0 Å². The molecule has 1 aromatic heterocycles. The minimum Gasteiger partial charge on any atom is -0.326 e. The van der Waals surface area contributed by atoms with E-state index in [0.717, 1.165) is 10.4 Å². The summed E-state index contributed by atoms with van der Waals surface area (Å²) in [6.45, 7) is 0.625. The van der Waals surface area contributed by atoms with Crippen molar-refractivity contribution in [3.8, 4) is 0 Å². The van der Waals surface area contributed by atoms with Crippen LogP contribution in [0.15, 0.2) is 41.3 Å².